The molecular weight excluding hydrogens is 228 g/mol. The van der Waals surface area contributed by atoms with E-state index in [9.17, 15) is 0 Å². The van der Waals surface area contributed by atoms with Gasteiger partial charge in [-0.1, -0.05) is 26.7 Å². The Morgan fingerprint density at radius 2 is 2.00 bits per heavy atom. The van der Waals surface area contributed by atoms with Gasteiger partial charge in [-0.3, -0.25) is 10.4 Å². The fraction of sp³-hybridized carbons (Fsp3) is 0.923. The van der Waals surface area contributed by atoms with E-state index >= 15 is 0 Å². The molecule has 0 aromatic carbocycles. The molecule has 0 saturated heterocycles. The van der Waals surface area contributed by atoms with Crippen LogP contribution in [0.15, 0.2) is 4.99 Å². The van der Waals surface area contributed by atoms with Gasteiger partial charge < -0.3 is 9.64 Å². The fourth-order valence-electron chi connectivity index (χ4n) is 1.85. The first-order valence-corrected chi connectivity index (χ1v) is 6.98. The highest BCUT2D eigenvalue weighted by Gasteiger charge is 2.13. The van der Waals surface area contributed by atoms with Crippen molar-refractivity contribution in [1.82, 2.24) is 10.3 Å². The lowest BCUT2D eigenvalue weighted by Gasteiger charge is -2.27. The first-order valence-electron chi connectivity index (χ1n) is 6.98. The molecule has 0 unspecified atom stereocenters. The summed E-state index contributed by atoms with van der Waals surface area (Å²) in [6, 6.07) is 0. The van der Waals surface area contributed by atoms with E-state index in [4.69, 9.17) is 10.6 Å². The molecule has 0 rings (SSSR count). The van der Waals surface area contributed by atoms with Crippen LogP contribution in [0.4, 0.5) is 0 Å². The summed E-state index contributed by atoms with van der Waals surface area (Å²) in [6.07, 6.45) is 3.30. The van der Waals surface area contributed by atoms with E-state index in [-0.39, 0.29) is 0 Å². The van der Waals surface area contributed by atoms with Gasteiger partial charge in [0, 0.05) is 33.4 Å². The van der Waals surface area contributed by atoms with Crippen LogP contribution in [0.2, 0.25) is 0 Å². The molecule has 5 nitrogen and oxygen atoms in total. The van der Waals surface area contributed by atoms with Crippen molar-refractivity contribution in [2.45, 2.75) is 40.0 Å². The highest BCUT2D eigenvalue weighted by molar-refractivity contribution is 5.79. The third-order valence-corrected chi connectivity index (χ3v) is 3.21. The van der Waals surface area contributed by atoms with Crippen molar-refractivity contribution in [2.24, 2.45) is 16.8 Å². The van der Waals surface area contributed by atoms with Gasteiger partial charge in [-0.25, -0.2) is 5.84 Å². The Morgan fingerprint density at radius 3 is 2.44 bits per heavy atom. The average Bonchev–Trinajstić information content (AvgIpc) is 2.41. The van der Waals surface area contributed by atoms with Gasteiger partial charge in [-0.05, 0) is 19.3 Å². The Balaban J connectivity index is 4.36. The largest absolute Gasteiger partial charge is 0.385 e. The van der Waals surface area contributed by atoms with Gasteiger partial charge in [-0.15, -0.1) is 0 Å². The van der Waals surface area contributed by atoms with Crippen LogP contribution >= 0.6 is 0 Å². The minimum absolute atomic E-state index is 0.697. The lowest BCUT2D eigenvalue weighted by Crippen LogP contribution is -2.46. The van der Waals surface area contributed by atoms with Crippen LogP contribution in [0.25, 0.3) is 0 Å². The number of methoxy groups -OCH3 is 1. The molecule has 0 bridgehead atoms. The standard InChI is InChI=1S/C13H30N4O/c1-5-12(6-2)11-17(7-3)13(16-14)15-9-8-10-18-4/h12H,5-11,14H2,1-4H3,(H,15,16). The molecule has 0 spiro atoms. The number of aliphatic imine (C=N–C) groups is 1. The quantitative estimate of drug-likeness (QED) is 0.217. The summed E-state index contributed by atoms with van der Waals surface area (Å²) in [5.41, 5.74) is 2.72. The summed E-state index contributed by atoms with van der Waals surface area (Å²) in [7, 11) is 1.71. The van der Waals surface area contributed by atoms with E-state index in [2.05, 4.69) is 36.1 Å². The van der Waals surface area contributed by atoms with E-state index < -0.39 is 0 Å². The third kappa shape index (κ3) is 6.81. The number of guanidine groups is 1. The Kier molecular flexibility index (Phi) is 10.8. The number of ether oxygens (including phenoxy) is 1. The first kappa shape index (κ1) is 17.2. The van der Waals surface area contributed by atoms with Crippen LogP contribution in [0.5, 0.6) is 0 Å². The molecule has 0 aliphatic carbocycles. The topological polar surface area (TPSA) is 62.9 Å². The highest BCUT2D eigenvalue weighted by atomic mass is 16.5. The van der Waals surface area contributed by atoms with E-state index in [1.807, 2.05) is 0 Å². The third-order valence-electron chi connectivity index (χ3n) is 3.21. The number of nitrogens with one attached hydrogen (secondary N) is 1. The van der Waals surface area contributed by atoms with Crippen molar-refractivity contribution < 1.29 is 4.74 Å². The molecule has 0 aliphatic heterocycles. The van der Waals surface area contributed by atoms with Crippen LogP contribution < -0.4 is 11.3 Å². The Morgan fingerprint density at radius 1 is 1.33 bits per heavy atom. The monoisotopic (exact) mass is 258 g/mol. The van der Waals surface area contributed by atoms with E-state index in [1.165, 1.54) is 12.8 Å². The lowest BCUT2D eigenvalue weighted by molar-refractivity contribution is 0.196. The summed E-state index contributed by atoms with van der Waals surface area (Å²) in [4.78, 5) is 6.71. The average molecular weight is 258 g/mol. The second-order valence-corrected chi connectivity index (χ2v) is 4.42. The van der Waals surface area contributed by atoms with Gasteiger partial charge in [-0.2, -0.15) is 0 Å². The maximum atomic E-state index is 5.57. The summed E-state index contributed by atoms with van der Waals surface area (Å²) in [6.45, 7) is 10.00. The van der Waals surface area contributed by atoms with E-state index in [0.29, 0.717) is 5.92 Å². The maximum Gasteiger partial charge on any atom is 0.208 e. The normalized spacial score (nSPS) is 12.0. The molecule has 18 heavy (non-hydrogen) atoms. The van der Waals surface area contributed by atoms with E-state index in [1.54, 1.807) is 7.11 Å². The van der Waals surface area contributed by atoms with Crippen molar-refractivity contribution in [3.05, 3.63) is 0 Å². The van der Waals surface area contributed by atoms with Crippen LogP contribution in [-0.2, 0) is 4.74 Å². The summed E-state index contributed by atoms with van der Waals surface area (Å²) < 4.78 is 5.01. The second kappa shape index (κ2) is 11.3. The van der Waals surface area contributed by atoms with Crippen molar-refractivity contribution in [1.29, 1.82) is 0 Å². The maximum absolute atomic E-state index is 5.57. The highest BCUT2D eigenvalue weighted by Crippen LogP contribution is 2.09. The van der Waals surface area contributed by atoms with Crippen LogP contribution in [0.1, 0.15) is 40.0 Å². The molecule has 0 atom stereocenters. The number of hydrogen-bond donors (Lipinski definition) is 2. The number of nitrogens with two attached hydrogens (primary N) is 1. The molecule has 3 N–H and O–H groups in total. The van der Waals surface area contributed by atoms with Crippen molar-refractivity contribution in [2.75, 3.05) is 33.4 Å². The Labute approximate surface area is 112 Å². The zero-order chi connectivity index (χ0) is 13.8. The van der Waals surface area contributed by atoms with Crippen LogP contribution in [0.3, 0.4) is 0 Å². The number of rotatable bonds is 9. The van der Waals surface area contributed by atoms with Gasteiger partial charge in [0.2, 0.25) is 5.96 Å². The van der Waals surface area contributed by atoms with Crippen LogP contribution in [-0.4, -0.2) is 44.2 Å². The second-order valence-electron chi connectivity index (χ2n) is 4.42. The van der Waals surface area contributed by atoms with Gasteiger partial charge in [0.1, 0.15) is 0 Å². The zero-order valence-corrected chi connectivity index (χ0v) is 12.4. The fourth-order valence-corrected chi connectivity index (χ4v) is 1.85. The van der Waals surface area contributed by atoms with Crippen molar-refractivity contribution in [3.8, 4) is 0 Å². The molecule has 0 saturated carbocycles. The van der Waals surface area contributed by atoms with Crippen molar-refractivity contribution >= 4 is 5.96 Å². The van der Waals surface area contributed by atoms with Crippen LogP contribution in [0, 0.1) is 5.92 Å². The Bertz CT molecular complexity index is 217. The van der Waals surface area contributed by atoms with Gasteiger partial charge in [0.25, 0.3) is 0 Å². The summed E-state index contributed by atoms with van der Waals surface area (Å²) in [5.74, 6) is 7.06. The summed E-state index contributed by atoms with van der Waals surface area (Å²) >= 11 is 0. The number of nitrogens with zero attached hydrogens (tertiary/aromatic N) is 2. The number of hydrazine groups is 1. The Hall–Kier alpha value is -0.810. The summed E-state index contributed by atoms with van der Waals surface area (Å²) in [5, 5.41) is 0. The SMILES string of the molecule is CCC(CC)CN(CC)C(=NCCCOC)NN. The van der Waals surface area contributed by atoms with Crippen molar-refractivity contribution in [3.63, 3.8) is 0 Å². The molecule has 0 amide bonds. The molecule has 0 aliphatic rings. The molecule has 0 aromatic rings. The molecule has 0 radical (unpaired) electrons. The predicted molar refractivity (Wildman–Crippen MR) is 77.4 cm³/mol. The molecule has 0 aromatic heterocycles. The molecule has 108 valence electrons. The predicted octanol–water partition coefficient (Wildman–Crippen LogP) is 1.60. The van der Waals surface area contributed by atoms with E-state index in [0.717, 1.165) is 38.6 Å². The lowest BCUT2D eigenvalue weighted by atomic mass is 10.0. The number of hydrogen-bond acceptors (Lipinski definition) is 3. The molecular formula is C13H30N4O. The van der Waals surface area contributed by atoms with Gasteiger partial charge >= 0.3 is 0 Å². The van der Waals surface area contributed by atoms with Gasteiger partial charge in [0.15, 0.2) is 0 Å². The minimum atomic E-state index is 0.697. The minimum Gasteiger partial charge on any atom is -0.385 e. The molecule has 5 heteroatoms. The zero-order valence-electron chi connectivity index (χ0n) is 12.4. The first-order chi connectivity index (χ1) is 8.73. The molecule has 0 heterocycles. The van der Waals surface area contributed by atoms with Gasteiger partial charge in [0.05, 0.1) is 0 Å². The molecule has 0 fully saturated rings. The smallest absolute Gasteiger partial charge is 0.208 e.